The minimum atomic E-state index is -0.370. The van der Waals surface area contributed by atoms with Gasteiger partial charge in [-0.15, -0.1) is 0 Å². The zero-order valence-corrected chi connectivity index (χ0v) is 11.4. The molecule has 4 heteroatoms. The van der Waals surface area contributed by atoms with Crippen LogP contribution in [0.3, 0.4) is 0 Å². The van der Waals surface area contributed by atoms with E-state index in [1.807, 2.05) is 19.1 Å². The Kier molecular flexibility index (Phi) is 3.99. The molecular formula is C14H12BrFO2. The fourth-order valence-electron chi connectivity index (χ4n) is 1.61. The molecule has 0 amide bonds. The van der Waals surface area contributed by atoms with Gasteiger partial charge in [-0.1, -0.05) is 17.7 Å². The summed E-state index contributed by atoms with van der Waals surface area (Å²) in [6.45, 7) is 1.81. The quantitative estimate of drug-likeness (QED) is 0.921. The summed E-state index contributed by atoms with van der Waals surface area (Å²) in [7, 11) is 0. The Morgan fingerprint density at radius 2 is 1.94 bits per heavy atom. The molecule has 2 aromatic rings. The van der Waals surface area contributed by atoms with E-state index >= 15 is 0 Å². The summed E-state index contributed by atoms with van der Waals surface area (Å²) >= 11 is 3.29. The molecule has 2 nitrogen and oxygen atoms in total. The first-order chi connectivity index (χ1) is 8.60. The average molecular weight is 311 g/mol. The smallest absolute Gasteiger partial charge is 0.144 e. The molecule has 0 saturated carbocycles. The van der Waals surface area contributed by atoms with Crippen molar-refractivity contribution in [3.05, 3.63) is 57.8 Å². The average Bonchev–Trinajstić information content (AvgIpc) is 2.36. The number of rotatable bonds is 3. The molecule has 0 aliphatic rings. The van der Waals surface area contributed by atoms with Crippen molar-refractivity contribution in [3.8, 4) is 11.5 Å². The predicted molar refractivity (Wildman–Crippen MR) is 71.3 cm³/mol. The van der Waals surface area contributed by atoms with Gasteiger partial charge < -0.3 is 9.84 Å². The molecule has 1 N–H and O–H groups in total. The van der Waals surface area contributed by atoms with Crippen LogP contribution in [0.25, 0.3) is 0 Å². The summed E-state index contributed by atoms with van der Waals surface area (Å²) in [5.74, 6) is 0.536. The number of halogens is 2. The van der Waals surface area contributed by atoms with E-state index in [1.165, 1.54) is 12.1 Å². The van der Waals surface area contributed by atoms with Crippen LogP contribution in [0.4, 0.5) is 4.39 Å². The molecule has 0 unspecified atom stereocenters. The normalized spacial score (nSPS) is 10.4. The van der Waals surface area contributed by atoms with E-state index in [2.05, 4.69) is 15.9 Å². The van der Waals surface area contributed by atoms with E-state index in [4.69, 9.17) is 4.74 Å². The highest BCUT2D eigenvalue weighted by Crippen LogP contribution is 2.32. The highest BCUT2D eigenvalue weighted by molar-refractivity contribution is 9.10. The molecule has 0 aliphatic carbocycles. The molecule has 94 valence electrons. The van der Waals surface area contributed by atoms with Gasteiger partial charge in [0, 0.05) is 11.6 Å². The first kappa shape index (κ1) is 13.1. The Labute approximate surface area is 113 Å². The minimum absolute atomic E-state index is 0.121. The van der Waals surface area contributed by atoms with Crippen LogP contribution in [0, 0.1) is 12.7 Å². The highest BCUT2D eigenvalue weighted by atomic mass is 79.9. The summed E-state index contributed by atoms with van der Waals surface area (Å²) in [5.41, 5.74) is 1.70. The number of aryl methyl sites for hydroxylation is 1. The zero-order chi connectivity index (χ0) is 13.1. The van der Waals surface area contributed by atoms with Crippen LogP contribution in [0.5, 0.6) is 11.5 Å². The maximum atomic E-state index is 13.1. The third-order valence-electron chi connectivity index (χ3n) is 2.50. The molecule has 0 spiro atoms. The number of aliphatic hydroxyl groups is 1. The summed E-state index contributed by atoms with van der Waals surface area (Å²) in [6.07, 6.45) is 0. The van der Waals surface area contributed by atoms with Crippen molar-refractivity contribution >= 4 is 15.9 Å². The predicted octanol–water partition coefficient (Wildman–Crippen LogP) is 4.18. The highest BCUT2D eigenvalue weighted by Gasteiger charge is 2.08. The number of aliphatic hydroxyl groups excluding tert-OH is 1. The lowest BCUT2D eigenvalue weighted by Gasteiger charge is -2.11. The van der Waals surface area contributed by atoms with Crippen molar-refractivity contribution in [2.75, 3.05) is 0 Å². The number of hydrogen-bond acceptors (Lipinski definition) is 2. The van der Waals surface area contributed by atoms with E-state index in [9.17, 15) is 9.50 Å². The third-order valence-corrected chi connectivity index (χ3v) is 3.15. The van der Waals surface area contributed by atoms with Crippen LogP contribution < -0.4 is 4.74 Å². The molecule has 0 saturated heterocycles. The third kappa shape index (κ3) is 2.89. The Morgan fingerprint density at radius 1 is 1.17 bits per heavy atom. The summed E-state index contributed by atoms with van der Waals surface area (Å²) in [4.78, 5) is 0. The van der Waals surface area contributed by atoms with Gasteiger partial charge >= 0.3 is 0 Å². The molecule has 0 radical (unpaired) electrons. The van der Waals surface area contributed by atoms with Crippen LogP contribution in [0.2, 0.25) is 0 Å². The molecule has 0 aliphatic heterocycles. The maximum absolute atomic E-state index is 13.1. The van der Waals surface area contributed by atoms with Crippen LogP contribution >= 0.6 is 15.9 Å². The maximum Gasteiger partial charge on any atom is 0.144 e. The van der Waals surface area contributed by atoms with E-state index in [-0.39, 0.29) is 12.4 Å². The second kappa shape index (κ2) is 5.50. The molecule has 18 heavy (non-hydrogen) atoms. The van der Waals surface area contributed by atoms with Crippen LogP contribution in [0.1, 0.15) is 11.1 Å². The van der Waals surface area contributed by atoms with Gasteiger partial charge in [0.05, 0.1) is 11.1 Å². The monoisotopic (exact) mass is 310 g/mol. The van der Waals surface area contributed by atoms with Gasteiger partial charge in [-0.05, 0) is 41.1 Å². The fourth-order valence-corrected chi connectivity index (χ4v) is 1.93. The first-order valence-corrected chi connectivity index (χ1v) is 6.23. The van der Waals surface area contributed by atoms with E-state index < -0.39 is 0 Å². The zero-order valence-electron chi connectivity index (χ0n) is 9.78. The Bertz CT molecular complexity index is 570. The molecular weight excluding hydrogens is 299 g/mol. The van der Waals surface area contributed by atoms with E-state index in [0.717, 1.165) is 5.56 Å². The topological polar surface area (TPSA) is 29.5 Å². The first-order valence-electron chi connectivity index (χ1n) is 5.43. The molecule has 0 fully saturated rings. The van der Waals surface area contributed by atoms with Crippen molar-refractivity contribution < 1.29 is 14.2 Å². The lowest BCUT2D eigenvalue weighted by Crippen LogP contribution is -1.93. The van der Waals surface area contributed by atoms with Gasteiger partial charge in [-0.25, -0.2) is 4.39 Å². The molecule has 0 aromatic heterocycles. The lowest BCUT2D eigenvalue weighted by molar-refractivity contribution is 0.276. The van der Waals surface area contributed by atoms with E-state index in [0.29, 0.717) is 21.5 Å². The number of hydrogen-bond donors (Lipinski definition) is 1. The molecule has 2 aromatic carbocycles. The van der Waals surface area contributed by atoms with Gasteiger partial charge in [0.2, 0.25) is 0 Å². The van der Waals surface area contributed by atoms with Gasteiger partial charge in [0.25, 0.3) is 0 Å². The largest absolute Gasteiger partial charge is 0.456 e. The summed E-state index contributed by atoms with van der Waals surface area (Å²) < 4.78 is 19.4. The van der Waals surface area contributed by atoms with Crippen LogP contribution in [0.15, 0.2) is 40.9 Å². The number of ether oxygens (including phenoxy) is 1. The second-order valence-corrected chi connectivity index (χ2v) is 4.80. The Hall–Kier alpha value is -1.39. The summed E-state index contributed by atoms with van der Waals surface area (Å²) in [5, 5.41) is 9.28. The van der Waals surface area contributed by atoms with Gasteiger partial charge in [0.1, 0.15) is 17.3 Å². The number of benzene rings is 2. The van der Waals surface area contributed by atoms with Gasteiger partial charge in [-0.2, -0.15) is 0 Å². The summed E-state index contributed by atoms with van der Waals surface area (Å²) in [6, 6.07) is 9.70. The van der Waals surface area contributed by atoms with Crippen molar-refractivity contribution in [2.45, 2.75) is 13.5 Å². The van der Waals surface area contributed by atoms with Crippen LogP contribution in [-0.2, 0) is 6.61 Å². The van der Waals surface area contributed by atoms with Crippen molar-refractivity contribution in [2.24, 2.45) is 0 Å². The van der Waals surface area contributed by atoms with Crippen molar-refractivity contribution in [3.63, 3.8) is 0 Å². The van der Waals surface area contributed by atoms with Gasteiger partial charge in [-0.3, -0.25) is 0 Å². The van der Waals surface area contributed by atoms with Crippen LogP contribution in [-0.4, -0.2) is 5.11 Å². The molecule has 0 heterocycles. The van der Waals surface area contributed by atoms with E-state index in [1.54, 1.807) is 12.1 Å². The minimum Gasteiger partial charge on any atom is -0.456 e. The lowest BCUT2D eigenvalue weighted by atomic mass is 10.1. The Balaban J connectivity index is 2.36. The SMILES string of the molecule is Cc1ccc(Oc2cc(F)ccc2Br)c(CO)c1. The molecule has 0 atom stereocenters. The van der Waals surface area contributed by atoms with Gasteiger partial charge in [0.15, 0.2) is 0 Å². The molecule has 0 bridgehead atoms. The standard InChI is InChI=1S/C14H12BrFO2/c1-9-2-5-13(10(6-9)8-17)18-14-7-11(16)3-4-12(14)15/h2-7,17H,8H2,1H3. The molecule has 2 rings (SSSR count). The fraction of sp³-hybridized carbons (Fsp3) is 0.143. The Morgan fingerprint density at radius 3 is 2.67 bits per heavy atom. The van der Waals surface area contributed by atoms with Crippen molar-refractivity contribution in [1.29, 1.82) is 0 Å². The second-order valence-electron chi connectivity index (χ2n) is 3.95. The van der Waals surface area contributed by atoms with Crippen molar-refractivity contribution in [1.82, 2.24) is 0 Å².